The highest BCUT2D eigenvalue weighted by Crippen LogP contribution is 2.22. The van der Waals surface area contributed by atoms with E-state index < -0.39 is 0 Å². The van der Waals surface area contributed by atoms with E-state index in [-0.39, 0.29) is 5.91 Å². The predicted molar refractivity (Wildman–Crippen MR) is 90.1 cm³/mol. The molecule has 1 fully saturated rings. The van der Waals surface area contributed by atoms with Crippen LogP contribution in [-0.2, 0) is 6.54 Å². The Labute approximate surface area is 138 Å². The zero-order valence-corrected chi connectivity index (χ0v) is 14.3. The number of nitrogens with zero attached hydrogens (tertiary/aromatic N) is 4. The minimum absolute atomic E-state index is 0.113. The molecule has 1 saturated heterocycles. The van der Waals surface area contributed by atoms with Gasteiger partial charge in [-0.15, -0.1) is 0 Å². The van der Waals surface area contributed by atoms with Crippen LogP contribution in [-0.4, -0.2) is 47.8 Å². The molecular weight excluding hydrogens is 344 g/mol. The predicted octanol–water partition coefficient (Wildman–Crippen LogP) is 2.48. The quantitative estimate of drug-likeness (QED) is 0.838. The van der Waals surface area contributed by atoms with Crippen LogP contribution in [0.4, 0.5) is 5.69 Å². The average molecular weight is 363 g/mol. The van der Waals surface area contributed by atoms with Crippen molar-refractivity contribution in [1.82, 2.24) is 14.7 Å². The first-order valence-electron chi connectivity index (χ1n) is 7.27. The number of carbonyl (C=O) groups is 1. The molecule has 22 heavy (non-hydrogen) atoms. The first-order chi connectivity index (χ1) is 10.5. The number of aromatic nitrogens is 2. The molecule has 1 aliphatic heterocycles. The van der Waals surface area contributed by atoms with Gasteiger partial charge < -0.3 is 9.80 Å². The van der Waals surface area contributed by atoms with Gasteiger partial charge in [-0.2, -0.15) is 5.10 Å². The van der Waals surface area contributed by atoms with Crippen LogP contribution in [0.5, 0.6) is 0 Å². The zero-order valence-electron chi connectivity index (χ0n) is 12.7. The maximum atomic E-state index is 12.5. The second-order valence-electron chi connectivity index (χ2n) is 5.90. The van der Waals surface area contributed by atoms with Crippen molar-refractivity contribution in [1.29, 1.82) is 0 Å². The van der Waals surface area contributed by atoms with Crippen molar-refractivity contribution in [2.24, 2.45) is 5.92 Å². The van der Waals surface area contributed by atoms with E-state index in [9.17, 15) is 4.79 Å². The Balaban J connectivity index is 1.58. The average Bonchev–Trinajstić information content (AvgIpc) is 2.87. The maximum Gasteiger partial charge on any atom is 0.253 e. The van der Waals surface area contributed by atoms with E-state index in [1.165, 1.54) is 0 Å². The molecule has 0 spiro atoms. The molecule has 5 nitrogen and oxygen atoms in total. The van der Waals surface area contributed by atoms with Crippen LogP contribution in [0.2, 0.25) is 0 Å². The Morgan fingerprint density at radius 1 is 1.41 bits per heavy atom. The summed E-state index contributed by atoms with van der Waals surface area (Å²) < 4.78 is 2.91. The van der Waals surface area contributed by atoms with E-state index in [4.69, 9.17) is 0 Å². The van der Waals surface area contributed by atoms with Crippen molar-refractivity contribution in [2.45, 2.75) is 6.54 Å². The fourth-order valence-electron chi connectivity index (χ4n) is 2.65. The lowest BCUT2D eigenvalue weighted by molar-refractivity contribution is 0.0461. The molecule has 116 valence electrons. The largest absolute Gasteiger partial charge is 0.378 e. The van der Waals surface area contributed by atoms with Crippen LogP contribution < -0.4 is 4.90 Å². The Bertz CT molecular complexity index is 676. The molecule has 0 radical (unpaired) electrons. The number of benzene rings is 1. The number of amides is 1. The van der Waals surface area contributed by atoms with E-state index in [2.05, 4.69) is 21.0 Å². The monoisotopic (exact) mass is 362 g/mol. The smallest absolute Gasteiger partial charge is 0.253 e. The summed E-state index contributed by atoms with van der Waals surface area (Å²) in [6, 6.07) is 7.76. The van der Waals surface area contributed by atoms with Crippen molar-refractivity contribution in [3.8, 4) is 0 Å². The molecule has 0 aliphatic carbocycles. The van der Waals surface area contributed by atoms with Crippen molar-refractivity contribution in [2.75, 3.05) is 32.1 Å². The molecule has 1 amide bonds. The van der Waals surface area contributed by atoms with E-state index in [1.54, 1.807) is 6.20 Å². The lowest BCUT2D eigenvalue weighted by Crippen LogP contribution is -2.51. The molecule has 0 unspecified atom stereocenters. The van der Waals surface area contributed by atoms with Crippen molar-refractivity contribution >= 4 is 27.5 Å². The highest BCUT2D eigenvalue weighted by Gasteiger charge is 2.31. The first kappa shape index (κ1) is 15.1. The minimum Gasteiger partial charge on any atom is -0.378 e. The van der Waals surface area contributed by atoms with Gasteiger partial charge in [-0.05, 0) is 34.1 Å². The Morgan fingerprint density at radius 3 is 2.82 bits per heavy atom. The molecule has 2 aromatic rings. The van der Waals surface area contributed by atoms with E-state index >= 15 is 0 Å². The number of anilines is 1. The molecular formula is C16H19BrN4O. The summed E-state index contributed by atoms with van der Waals surface area (Å²) in [4.78, 5) is 16.4. The van der Waals surface area contributed by atoms with Gasteiger partial charge in [-0.25, -0.2) is 0 Å². The summed E-state index contributed by atoms with van der Waals surface area (Å²) >= 11 is 3.39. The minimum atomic E-state index is 0.113. The first-order valence-corrected chi connectivity index (χ1v) is 8.07. The van der Waals surface area contributed by atoms with Gasteiger partial charge >= 0.3 is 0 Å². The van der Waals surface area contributed by atoms with Gasteiger partial charge in [0.2, 0.25) is 0 Å². The number of hydrogen-bond donors (Lipinski definition) is 0. The number of likely N-dealkylation sites (tertiary alicyclic amines) is 1. The molecule has 0 atom stereocenters. The van der Waals surface area contributed by atoms with Gasteiger partial charge in [-0.1, -0.05) is 6.07 Å². The van der Waals surface area contributed by atoms with Gasteiger partial charge in [0.05, 0.1) is 10.7 Å². The van der Waals surface area contributed by atoms with E-state index in [1.807, 2.05) is 59.0 Å². The van der Waals surface area contributed by atoms with Crippen LogP contribution in [0.3, 0.4) is 0 Å². The van der Waals surface area contributed by atoms with E-state index in [0.717, 1.165) is 35.4 Å². The topological polar surface area (TPSA) is 41.4 Å². The molecule has 1 aromatic carbocycles. The van der Waals surface area contributed by atoms with Crippen LogP contribution in [0.15, 0.2) is 41.1 Å². The maximum absolute atomic E-state index is 12.5. The van der Waals surface area contributed by atoms with Crippen LogP contribution in [0, 0.1) is 5.92 Å². The SMILES string of the molecule is CN(C)c1cccc(C(=O)N2CC(Cn3cc(Br)cn3)C2)c1. The molecule has 6 heteroatoms. The number of halogens is 1. The Morgan fingerprint density at radius 2 is 2.18 bits per heavy atom. The molecule has 1 aliphatic rings. The van der Waals surface area contributed by atoms with Crippen molar-refractivity contribution < 1.29 is 4.79 Å². The standard InChI is InChI=1S/C16H19BrN4O/c1-19(2)15-5-3-4-13(6-15)16(22)20-8-12(9-20)10-21-11-14(17)7-18-21/h3-7,11-12H,8-10H2,1-2H3. The summed E-state index contributed by atoms with van der Waals surface area (Å²) in [5, 5.41) is 4.26. The van der Waals surface area contributed by atoms with Crippen LogP contribution in [0.1, 0.15) is 10.4 Å². The number of hydrogen-bond acceptors (Lipinski definition) is 3. The Hall–Kier alpha value is -1.82. The third kappa shape index (κ3) is 3.16. The molecule has 2 heterocycles. The van der Waals surface area contributed by atoms with E-state index in [0.29, 0.717) is 5.92 Å². The third-order valence-corrected chi connectivity index (χ3v) is 4.31. The fourth-order valence-corrected chi connectivity index (χ4v) is 2.98. The van der Waals surface area contributed by atoms with Crippen LogP contribution >= 0.6 is 15.9 Å². The van der Waals surface area contributed by atoms with Crippen LogP contribution in [0.25, 0.3) is 0 Å². The lowest BCUT2D eigenvalue weighted by Gasteiger charge is -2.39. The zero-order chi connectivity index (χ0) is 15.7. The molecule has 0 bridgehead atoms. The highest BCUT2D eigenvalue weighted by atomic mass is 79.9. The van der Waals surface area contributed by atoms with Gasteiger partial charge in [-0.3, -0.25) is 9.48 Å². The lowest BCUT2D eigenvalue weighted by atomic mass is 9.98. The number of rotatable bonds is 4. The molecule has 1 aromatic heterocycles. The normalized spacial score (nSPS) is 14.8. The van der Waals surface area contributed by atoms with Gasteiger partial charge in [0.15, 0.2) is 0 Å². The Kier molecular flexibility index (Phi) is 4.20. The second kappa shape index (κ2) is 6.12. The molecule has 3 rings (SSSR count). The van der Waals surface area contributed by atoms with Gasteiger partial charge in [0, 0.05) is 57.1 Å². The highest BCUT2D eigenvalue weighted by molar-refractivity contribution is 9.10. The van der Waals surface area contributed by atoms with Crippen molar-refractivity contribution in [3.63, 3.8) is 0 Å². The summed E-state index contributed by atoms with van der Waals surface area (Å²) in [5.41, 5.74) is 1.80. The summed E-state index contributed by atoms with van der Waals surface area (Å²) in [6.07, 6.45) is 3.75. The summed E-state index contributed by atoms with van der Waals surface area (Å²) in [6.45, 7) is 2.44. The van der Waals surface area contributed by atoms with Gasteiger partial charge in [0.1, 0.15) is 0 Å². The van der Waals surface area contributed by atoms with Gasteiger partial charge in [0.25, 0.3) is 5.91 Å². The summed E-state index contributed by atoms with van der Waals surface area (Å²) in [7, 11) is 3.96. The molecule has 0 N–H and O–H groups in total. The third-order valence-electron chi connectivity index (χ3n) is 3.90. The molecule has 0 saturated carbocycles. The summed E-state index contributed by atoms with van der Waals surface area (Å²) in [5.74, 6) is 0.592. The van der Waals surface area contributed by atoms with Crippen molar-refractivity contribution in [3.05, 3.63) is 46.7 Å². The fraction of sp³-hybridized carbons (Fsp3) is 0.375. The number of carbonyl (C=O) groups excluding carboxylic acids is 1. The second-order valence-corrected chi connectivity index (χ2v) is 6.82.